The fourth-order valence-corrected chi connectivity index (χ4v) is 1.20. The molecular formula is C11H24N2O4. The van der Waals surface area contributed by atoms with Crippen LogP contribution in [0.2, 0.25) is 0 Å². The van der Waals surface area contributed by atoms with Crippen molar-refractivity contribution in [3.05, 3.63) is 0 Å². The monoisotopic (exact) mass is 248 g/mol. The van der Waals surface area contributed by atoms with Gasteiger partial charge in [0.25, 0.3) is 0 Å². The van der Waals surface area contributed by atoms with Gasteiger partial charge in [0, 0.05) is 13.6 Å². The summed E-state index contributed by atoms with van der Waals surface area (Å²) in [5.74, 6) is 0. The topological polar surface area (TPSA) is 96.5 Å². The molecule has 102 valence electrons. The molecule has 6 heteroatoms. The highest BCUT2D eigenvalue weighted by Gasteiger charge is 2.26. The zero-order valence-corrected chi connectivity index (χ0v) is 10.7. The lowest BCUT2D eigenvalue weighted by molar-refractivity contribution is -0.0822. The van der Waals surface area contributed by atoms with Crippen LogP contribution in [0.15, 0.2) is 5.10 Å². The molecule has 0 amide bonds. The van der Waals surface area contributed by atoms with E-state index in [1.165, 1.54) is 6.92 Å². The maximum Gasteiger partial charge on any atom is 0.119 e. The van der Waals surface area contributed by atoms with Gasteiger partial charge in [0.1, 0.15) is 18.3 Å². The summed E-state index contributed by atoms with van der Waals surface area (Å²) >= 11 is 0. The number of hydrazone groups is 1. The van der Waals surface area contributed by atoms with E-state index in [0.717, 1.165) is 25.6 Å². The van der Waals surface area contributed by atoms with E-state index < -0.39 is 24.4 Å². The molecule has 0 aromatic rings. The standard InChI is InChI=1S/C11H24N2O4/c1-4-5-6-13(3)12-7-9(15)11(17)10(16)8(2)14/h7-11,14-17H,4-6H2,1-3H3/b12-7+/t8-,9-,10-,11-/m1/s1. The van der Waals surface area contributed by atoms with Crippen molar-refractivity contribution in [2.75, 3.05) is 13.6 Å². The molecule has 0 saturated carbocycles. The van der Waals surface area contributed by atoms with Gasteiger partial charge in [0.2, 0.25) is 0 Å². The van der Waals surface area contributed by atoms with E-state index in [2.05, 4.69) is 12.0 Å². The molecule has 0 radical (unpaired) electrons. The molecule has 0 unspecified atom stereocenters. The lowest BCUT2D eigenvalue weighted by Gasteiger charge is -2.22. The second kappa shape index (κ2) is 8.41. The molecular weight excluding hydrogens is 224 g/mol. The van der Waals surface area contributed by atoms with Gasteiger partial charge in [-0.2, -0.15) is 5.10 Å². The Morgan fingerprint density at radius 3 is 2.24 bits per heavy atom. The van der Waals surface area contributed by atoms with Gasteiger partial charge < -0.3 is 25.4 Å². The number of hydrogen-bond acceptors (Lipinski definition) is 6. The van der Waals surface area contributed by atoms with E-state index in [0.29, 0.717) is 0 Å². The maximum atomic E-state index is 9.51. The summed E-state index contributed by atoms with van der Waals surface area (Å²) in [5, 5.41) is 43.0. The molecule has 0 spiro atoms. The molecule has 4 atom stereocenters. The highest BCUT2D eigenvalue weighted by Crippen LogP contribution is 2.03. The van der Waals surface area contributed by atoms with Gasteiger partial charge >= 0.3 is 0 Å². The van der Waals surface area contributed by atoms with Crippen LogP contribution in [0.25, 0.3) is 0 Å². The lowest BCUT2D eigenvalue weighted by atomic mass is 10.1. The molecule has 6 nitrogen and oxygen atoms in total. The highest BCUT2D eigenvalue weighted by atomic mass is 16.4. The molecule has 0 aromatic heterocycles. The van der Waals surface area contributed by atoms with Crippen molar-refractivity contribution in [2.45, 2.75) is 51.1 Å². The van der Waals surface area contributed by atoms with Gasteiger partial charge in [0.05, 0.1) is 12.3 Å². The van der Waals surface area contributed by atoms with Crippen molar-refractivity contribution in [3.8, 4) is 0 Å². The summed E-state index contributed by atoms with van der Waals surface area (Å²) in [7, 11) is 1.76. The van der Waals surface area contributed by atoms with Crippen LogP contribution in [0.1, 0.15) is 26.7 Å². The Bertz CT molecular complexity index is 224. The van der Waals surface area contributed by atoms with Crippen LogP contribution in [0, 0.1) is 0 Å². The van der Waals surface area contributed by atoms with E-state index in [1.807, 2.05) is 0 Å². The average Bonchev–Trinajstić information content (AvgIpc) is 2.31. The first-order valence-corrected chi connectivity index (χ1v) is 5.87. The van der Waals surface area contributed by atoms with Crippen molar-refractivity contribution in [3.63, 3.8) is 0 Å². The molecule has 0 heterocycles. The Kier molecular flexibility index (Phi) is 8.07. The zero-order valence-electron chi connectivity index (χ0n) is 10.7. The van der Waals surface area contributed by atoms with E-state index in [9.17, 15) is 15.3 Å². The molecule has 0 aromatic carbocycles. The van der Waals surface area contributed by atoms with Crippen molar-refractivity contribution in [2.24, 2.45) is 5.10 Å². The third-order valence-corrected chi connectivity index (χ3v) is 2.45. The van der Waals surface area contributed by atoms with Gasteiger partial charge in [0.15, 0.2) is 0 Å². The van der Waals surface area contributed by atoms with E-state index >= 15 is 0 Å². The first kappa shape index (κ1) is 16.3. The van der Waals surface area contributed by atoms with Crippen LogP contribution < -0.4 is 0 Å². The smallest absolute Gasteiger partial charge is 0.119 e. The summed E-state index contributed by atoms with van der Waals surface area (Å²) < 4.78 is 0. The molecule has 0 aliphatic heterocycles. The predicted octanol–water partition coefficient (Wildman–Crippen LogP) is -0.832. The largest absolute Gasteiger partial charge is 0.391 e. The number of aliphatic hydroxyl groups is 4. The zero-order chi connectivity index (χ0) is 13.4. The van der Waals surface area contributed by atoms with Crippen LogP contribution in [-0.4, -0.2) is 69.7 Å². The van der Waals surface area contributed by atoms with E-state index in [-0.39, 0.29) is 0 Å². The number of aliphatic hydroxyl groups excluding tert-OH is 4. The SMILES string of the molecule is CCCCN(C)/N=C/[C@@H](O)[C@@H](O)[C@H](O)[C@@H](C)O. The van der Waals surface area contributed by atoms with E-state index in [1.54, 1.807) is 12.1 Å². The summed E-state index contributed by atoms with van der Waals surface area (Å²) in [6.45, 7) is 4.16. The minimum atomic E-state index is -1.45. The van der Waals surface area contributed by atoms with Crippen molar-refractivity contribution >= 4 is 6.21 Å². The van der Waals surface area contributed by atoms with Gasteiger partial charge in [-0.05, 0) is 13.3 Å². The van der Waals surface area contributed by atoms with Crippen molar-refractivity contribution in [1.29, 1.82) is 0 Å². The van der Waals surface area contributed by atoms with Crippen LogP contribution in [0.4, 0.5) is 0 Å². The third kappa shape index (κ3) is 6.58. The van der Waals surface area contributed by atoms with Gasteiger partial charge in [-0.1, -0.05) is 13.3 Å². The van der Waals surface area contributed by atoms with Gasteiger partial charge in [-0.25, -0.2) is 0 Å². The summed E-state index contributed by atoms with van der Waals surface area (Å²) in [4.78, 5) is 0. The highest BCUT2D eigenvalue weighted by molar-refractivity contribution is 5.63. The second-order valence-electron chi connectivity index (χ2n) is 4.21. The normalized spacial score (nSPS) is 19.0. The molecule has 0 aliphatic carbocycles. The first-order chi connectivity index (χ1) is 7.90. The lowest BCUT2D eigenvalue weighted by Crippen LogP contribution is -2.44. The Hall–Kier alpha value is -0.690. The number of rotatable bonds is 8. The van der Waals surface area contributed by atoms with Crippen molar-refractivity contribution < 1.29 is 20.4 Å². The van der Waals surface area contributed by atoms with Crippen LogP contribution in [0.5, 0.6) is 0 Å². The molecule has 0 bridgehead atoms. The minimum absolute atomic E-state index is 0.759. The molecule has 4 N–H and O–H groups in total. The van der Waals surface area contributed by atoms with Crippen LogP contribution in [-0.2, 0) is 0 Å². The van der Waals surface area contributed by atoms with Crippen LogP contribution >= 0.6 is 0 Å². The Morgan fingerprint density at radius 2 is 1.76 bits per heavy atom. The molecule has 0 fully saturated rings. The Morgan fingerprint density at radius 1 is 1.18 bits per heavy atom. The quantitative estimate of drug-likeness (QED) is 0.332. The Labute approximate surface area is 102 Å². The molecule has 0 rings (SSSR count). The maximum absolute atomic E-state index is 9.51. The van der Waals surface area contributed by atoms with Crippen molar-refractivity contribution in [1.82, 2.24) is 5.01 Å². The van der Waals surface area contributed by atoms with E-state index in [4.69, 9.17) is 5.11 Å². The molecule has 0 saturated heterocycles. The molecule has 0 aliphatic rings. The fourth-order valence-electron chi connectivity index (χ4n) is 1.20. The summed E-state index contributed by atoms with van der Waals surface area (Å²) in [6.07, 6.45) is -2.05. The summed E-state index contributed by atoms with van der Waals surface area (Å²) in [6, 6.07) is 0. The Balaban J connectivity index is 4.14. The minimum Gasteiger partial charge on any atom is -0.391 e. The second-order valence-corrected chi connectivity index (χ2v) is 4.21. The number of nitrogens with zero attached hydrogens (tertiary/aromatic N) is 2. The number of unbranched alkanes of at least 4 members (excludes halogenated alkanes) is 1. The number of hydrogen-bond donors (Lipinski definition) is 4. The predicted molar refractivity (Wildman–Crippen MR) is 65.7 cm³/mol. The summed E-state index contributed by atoms with van der Waals surface area (Å²) in [5.41, 5.74) is 0. The van der Waals surface area contributed by atoms with Crippen LogP contribution in [0.3, 0.4) is 0 Å². The fraction of sp³-hybridized carbons (Fsp3) is 0.909. The first-order valence-electron chi connectivity index (χ1n) is 5.87. The van der Waals surface area contributed by atoms with Gasteiger partial charge in [-0.3, -0.25) is 0 Å². The van der Waals surface area contributed by atoms with Gasteiger partial charge in [-0.15, -0.1) is 0 Å². The third-order valence-electron chi connectivity index (χ3n) is 2.45. The molecule has 17 heavy (non-hydrogen) atoms. The average molecular weight is 248 g/mol.